The second-order valence-electron chi connectivity index (χ2n) is 5.73. The first-order valence-electron chi connectivity index (χ1n) is 7.34. The van der Waals surface area contributed by atoms with E-state index < -0.39 is 0 Å². The third-order valence-electron chi connectivity index (χ3n) is 4.29. The molecule has 2 N–H and O–H groups in total. The maximum absolute atomic E-state index is 12.7. The predicted molar refractivity (Wildman–Crippen MR) is 85.4 cm³/mol. The Morgan fingerprint density at radius 2 is 1.95 bits per heavy atom. The first-order valence-corrected chi connectivity index (χ1v) is 8.19. The van der Waals surface area contributed by atoms with Crippen molar-refractivity contribution in [2.75, 3.05) is 7.05 Å². The molecule has 0 radical (unpaired) electrons. The van der Waals surface area contributed by atoms with Gasteiger partial charge in [-0.2, -0.15) is 0 Å². The standard InChI is InChI=1S/C16H18N2O3Se/c1-17-13(8-10-6-7-12(19)9-14(10)20)15(21)18(16(17)22)11-4-2-3-5-11/h6-9,11,19-20H,2-5H2,1H3. The summed E-state index contributed by atoms with van der Waals surface area (Å²) < 4.78 is 0.807. The molecule has 22 heavy (non-hydrogen) atoms. The summed E-state index contributed by atoms with van der Waals surface area (Å²) in [6.07, 6.45) is 6.03. The van der Waals surface area contributed by atoms with Gasteiger partial charge >= 0.3 is 137 Å². The van der Waals surface area contributed by atoms with Gasteiger partial charge in [0.15, 0.2) is 0 Å². The first-order chi connectivity index (χ1) is 10.5. The molecule has 0 spiro atoms. The summed E-state index contributed by atoms with van der Waals surface area (Å²) in [5.41, 5.74) is 1.02. The van der Waals surface area contributed by atoms with E-state index in [-0.39, 0.29) is 23.4 Å². The molecule has 1 saturated carbocycles. The molecule has 6 heteroatoms. The van der Waals surface area contributed by atoms with Gasteiger partial charge in [0.25, 0.3) is 0 Å². The summed E-state index contributed by atoms with van der Waals surface area (Å²) in [5.74, 6) is -0.0975. The van der Waals surface area contributed by atoms with E-state index >= 15 is 0 Å². The van der Waals surface area contributed by atoms with Crippen molar-refractivity contribution in [1.29, 1.82) is 0 Å². The molecule has 1 aliphatic carbocycles. The number of benzene rings is 1. The van der Waals surface area contributed by atoms with E-state index in [1.807, 2.05) is 16.8 Å². The van der Waals surface area contributed by atoms with E-state index in [1.54, 1.807) is 12.1 Å². The molecule has 0 aromatic heterocycles. The Kier molecular flexibility index (Phi) is 3.98. The number of phenols is 2. The van der Waals surface area contributed by atoms with Crippen molar-refractivity contribution in [3.05, 3.63) is 29.5 Å². The second-order valence-corrected chi connectivity index (χ2v) is 6.49. The molecule has 2 aliphatic rings. The van der Waals surface area contributed by atoms with Gasteiger partial charge in [0.05, 0.1) is 0 Å². The predicted octanol–water partition coefficient (Wildman–Crippen LogP) is 1.41. The average molecular weight is 365 g/mol. The van der Waals surface area contributed by atoms with Gasteiger partial charge in [-0.1, -0.05) is 0 Å². The minimum atomic E-state index is -0.0466. The number of nitrogens with zero attached hydrogens (tertiary/aromatic N) is 2. The van der Waals surface area contributed by atoms with Crippen molar-refractivity contribution in [3.63, 3.8) is 0 Å². The molecule has 1 aromatic carbocycles. The molecule has 1 aliphatic heterocycles. The summed E-state index contributed by atoms with van der Waals surface area (Å²) in [6, 6.07) is 4.60. The van der Waals surface area contributed by atoms with Crippen molar-refractivity contribution in [2.24, 2.45) is 0 Å². The summed E-state index contributed by atoms with van der Waals surface area (Å²) in [7, 11) is 1.84. The fourth-order valence-corrected chi connectivity index (χ4v) is 3.76. The average Bonchev–Trinajstić information content (AvgIpc) is 3.05. The molecule has 1 saturated heterocycles. The normalized spacial score (nSPS) is 21.4. The van der Waals surface area contributed by atoms with Crippen LogP contribution in [0, 0.1) is 0 Å². The monoisotopic (exact) mass is 366 g/mol. The third kappa shape index (κ3) is 2.53. The van der Waals surface area contributed by atoms with Crippen LogP contribution in [0.4, 0.5) is 0 Å². The molecule has 5 nitrogen and oxygen atoms in total. The van der Waals surface area contributed by atoms with Gasteiger partial charge in [-0.05, 0) is 0 Å². The van der Waals surface area contributed by atoms with E-state index in [0.29, 0.717) is 11.3 Å². The Labute approximate surface area is 137 Å². The number of carbonyl (C=O) groups excluding carboxylic acids is 1. The molecule has 1 heterocycles. The van der Waals surface area contributed by atoms with Crippen LogP contribution in [0.2, 0.25) is 0 Å². The fraction of sp³-hybridized carbons (Fsp3) is 0.375. The van der Waals surface area contributed by atoms with Crippen molar-refractivity contribution in [1.82, 2.24) is 9.80 Å². The van der Waals surface area contributed by atoms with Gasteiger partial charge < -0.3 is 0 Å². The Morgan fingerprint density at radius 1 is 1.27 bits per heavy atom. The Morgan fingerprint density at radius 3 is 2.59 bits per heavy atom. The topological polar surface area (TPSA) is 64.0 Å². The number of phenolic OH excluding ortho intramolecular Hbond substituents is 2. The Hall–Kier alpha value is -1.78. The van der Waals surface area contributed by atoms with Crippen molar-refractivity contribution in [3.8, 4) is 11.5 Å². The fourth-order valence-electron chi connectivity index (χ4n) is 3.06. The minimum absolute atomic E-state index is 0.00517. The third-order valence-corrected chi connectivity index (χ3v) is 5.28. The molecule has 3 rings (SSSR count). The van der Waals surface area contributed by atoms with Gasteiger partial charge in [0.1, 0.15) is 0 Å². The SMILES string of the molecule is CN1C(=[Se])N(C2CCCC2)C(=O)C1=Cc1ccc(O)cc1O. The number of amides is 1. The van der Waals surface area contributed by atoms with E-state index in [4.69, 9.17) is 0 Å². The molecule has 0 bridgehead atoms. The molecule has 0 unspecified atom stereocenters. The van der Waals surface area contributed by atoms with Crippen LogP contribution < -0.4 is 0 Å². The number of likely N-dealkylation sites (N-methyl/N-ethyl adjacent to an activating group) is 1. The Bertz CT molecular complexity index is 665. The number of aromatic hydroxyl groups is 2. The molecule has 2 fully saturated rings. The van der Waals surface area contributed by atoms with Crippen LogP contribution in [-0.2, 0) is 4.79 Å². The van der Waals surface area contributed by atoms with Gasteiger partial charge in [0.2, 0.25) is 0 Å². The summed E-state index contributed by atoms with van der Waals surface area (Å²) in [4.78, 5) is 16.4. The van der Waals surface area contributed by atoms with Crippen molar-refractivity contribution >= 4 is 32.2 Å². The van der Waals surface area contributed by atoms with Crippen LogP contribution in [-0.4, -0.2) is 59.3 Å². The van der Waals surface area contributed by atoms with E-state index in [9.17, 15) is 15.0 Å². The zero-order chi connectivity index (χ0) is 15.9. The number of hydrogen-bond acceptors (Lipinski definition) is 4. The number of hydrogen-bond donors (Lipinski definition) is 2. The molecule has 1 amide bonds. The summed E-state index contributed by atoms with van der Waals surface area (Å²) >= 11 is 2.99. The quantitative estimate of drug-likeness (QED) is 0.615. The van der Waals surface area contributed by atoms with Crippen LogP contribution in [0.3, 0.4) is 0 Å². The number of carbonyl (C=O) groups is 1. The zero-order valence-corrected chi connectivity index (χ0v) is 14.0. The van der Waals surface area contributed by atoms with Crippen molar-refractivity contribution < 1.29 is 15.0 Å². The Balaban J connectivity index is 1.94. The van der Waals surface area contributed by atoms with Crippen LogP contribution in [0.1, 0.15) is 31.2 Å². The van der Waals surface area contributed by atoms with E-state index in [0.717, 1.165) is 30.3 Å². The van der Waals surface area contributed by atoms with Crippen molar-refractivity contribution in [2.45, 2.75) is 31.7 Å². The van der Waals surface area contributed by atoms with Crippen LogP contribution in [0.15, 0.2) is 23.9 Å². The molecular weight excluding hydrogens is 347 g/mol. The molecule has 116 valence electrons. The van der Waals surface area contributed by atoms with Crippen LogP contribution >= 0.6 is 0 Å². The van der Waals surface area contributed by atoms with Crippen LogP contribution in [0.5, 0.6) is 11.5 Å². The number of rotatable bonds is 2. The van der Waals surface area contributed by atoms with E-state index in [1.165, 1.54) is 12.1 Å². The molecular formula is C16H18N2O3Se. The van der Waals surface area contributed by atoms with Gasteiger partial charge in [-0.25, -0.2) is 0 Å². The summed E-state index contributed by atoms with van der Waals surface area (Å²) in [6.45, 7) is 0. The van der Waals surface area contributed by atoms with E-state index in [2.05, 4.69) is 15.6 Å². The maximum atomic E-state index is 12.7. The van der Waals surface area contributed by atoms with Gasteiger partial charge in [0, 0.05) is 0 Å². The molecule has 1 aromatic rings. The van der Waals surface area contributed by atoms with Crippen LogP contribution in [0.25, 0.3) is 6.08 Å². The first kappa shape index (κ1) is 15.1. The zero-order valence-electron chi connectivity index (χ0n) is 12.3. The summed E-state index contributed by atoms with van der Waals surface area (Å²) in [5, 5.41) is 19.3. The van der Waals surface area contributed by atoms with Gasteiger partial charge in [-0.3, -0.25) is 0 Å². The van der Waals surface area contributed by atoms with Gasteiger partial charge in [-0.15, -0.1) is 0 Å². The second kappa shape index (κ2) is 5.78. The molecule has 0 atom stereocenters.